The summed E-state index contributed by atoms with van der Waals surface area (Å²) in [6.07, 6.45) is 4.47. The van der Waals surface area contributed by atoms with Crippen LogP contribution in [-0.4, -0.2) is 26.9 Å². The van der Waals surface area contributed by atoms with Gasteiger partial charge in [0, 0.05) is 23.5 Å². The summed E-state index contributed by atoms with van der Waals surface area (Å²) in [5, 5.41) is 9.65. The highest BCUT2D eigenvalue weighted by molar-refractivity contribution is 5.83. The third-order valence-corrected chi connectivity index (χ3v) is 4.24. The van der Waals surface area contributed by atoms with E-state index in [2.05, 4.69) is 40.3 Å². The monoisotopic (exact) mass is 318 g/mol. The van der Waals surface area contributed by atoms with Crippen molar-refractivity contribution in [2.75, 3.05) is 7.11 Å². The van der Waals surface area contributed by atoms with Crippen LogP contribution in [0.25, 0.3) is 16.6 Å². The number of ether oxygens (including phenoxy) is 1. The Labute approximate surface area is 139 Å². The van der Waals surface area contributed by atoms with Crippen LogP contribution in [0.2, 0.25) is 0 Å². The summed E-state index contributed by atoms with van der Waals surface area (Å²) in [7, 11) is 1.68. The van der Waals surface area contributed by atoms with Gasteiger partial charge in [-0.05, 0) is 36.2 Å². The number of fused-ring (bicyclic) bond motifs is 1. The quantitative estimate of drug-likeness (QED) is 0.625. The van der Waals surface area contributed by atoms with Crippen LogP contribution in [0.15, 0.2) is 55.0 Å². The maximum atomic E-state index is 5.50. The van der Waals surface area contributed by atoms with Crippen molar-refractivity contribution in [2.45, 2.75) is 13.3 Å². The fourth-order valence-electron chi connectivity index (χ4n) is 3.02. The third-order valence-electron chi connectivity index (χ3n) is 4.24. The summed E-state index contributed by atoms with van der Waals surface area (Å²) in [5.41, 5.74) is 4.45. The number of hydrogen-bond acceptors (Lipinski definition) is 3. The van der Waals surface area contributed by atoms with Crippen LogP contribution in [0.3, 0.4) is 0 Å². The number of nitrogens with zero attached hydrogens (tertiary/aromatic N) is 3. The molecular weight excluding hydrogens is 300 g/mol. The lowest BCUT2D eigenvalue weighted by atomic mass is 10.1. The van der Waals surface area contributed by atoms with Gasteiger partial charge in [0.25, 0.3) is 0 Å². The van der Waals surface area contributed by atoms with E-state index in [1.165, 1.54) is 10.9 Å². The largest absolute Gasteiger partial charge is 0.495 e. The number of aromatic amines is 1. The Morgan fingerprint density at radius 3 is 2.92 bits per heavy atom. The third kappa shape index (κ3) is 2.44. The van der Waals surface area contributed by atoms with Crippen molar-refractivity contribution < 1.29 is 4.74 Å². The van der Waals surface area contributed by atoms with Crippen LogP contribution in [0, 0.1) is 6.92 Å². The van der Waals surface area contributed by atoms with Crippen molar-refractivity contribution in [3.05, 3.63) is 71.9 Å². The minimum atomic E-state index is 0.696. The number of rotatable bonds is 4. The molecule has 0 bridgehead atoms. The van der Waals surface area contributed by atoms with E-state index < -0.39 is 0 Å². The van der Waals surface area contributed by atoms with Crippen molar-refractivity contribution in [1.82, 2.24) is 19.7 Å². The molecule has 0 saturated carbocycles. The molecule has 0 amide bonds. The van der Waals surface area contributed by atoms with Gasteiger partial charge >= 0.3 is 0 Å². The summed E-state index contributed by atoms with van der Waals surface area (Å²) in [6, 6.07) is 14.4. The van der Waals surface area contributed by atoms with E-state index in [1.54, 1.807) is 13.4 Å². The number of para-hydroxylation sites is 1. The molecule has 0 unspecified atom stereocenters. The van der Waals surface area contributed by atoms with Crippen molar-refractivity contribution in [1.29, 1.82) is 0 Å². The summed E-state index contributed by atoms with van der Waals surface area (Å²) >= 11 is 0. The second kappa shape index (κ2) is 5.85. The molecule has 0 aliphatic carbocycles. The topological polar surface area (TPSA) is 55.7 Å². The number of aromatic nitrogens is 4. The average molecular weight is 318 g/mol. The van der Waals surface area contributed by atoms with E-state index >= 15 is 0 Å². The van der Waals surface area contributed by atoms with Crippen LogP contribution in [-0.2, 0) is 6.42 Å². The molecule has 24 heavy (non-hydrogen) atoms. The Balaban J connectivity index is 1.77. The SMILES string of the molecule is COc1ccc(C)cc1-n1cnnc1Cc1c[nH]c2ccccc12. The number of aryl methyl sites for hydroxylation is 1. The van der Waals surface area contributed by atoms with E-state index in [-0.39, 0.29) is 0 Å². The molecule has 2 aromatic carbocycles. The Kier molecular flexibility index (Phi) is 3.54. The minimum Gasteiger partial charge on any atom is -0.495 e. The molecule has 0 aliphatic heterocycles. The van der Waals surface area contributed by atoms with Gasteiger partial charge in [-0.3, -0.25) is 4.57 Å². The van der Waals surface area contributed by atoms with Gasteiger partial charge in [0.2, 0.25) is 0 Å². The number of benzene rings is 2. The molecule has 2 aromatic heterocycles. The molecule has 2 heterocycles. The van der Waals surface area contributed by atoms with E-state index in [0.717, 1.165) is 28.3 Å². The molecular formula is C19H18N4O. The Morgan fingerprint density at radius 2 is 2.04 bits per heavy atom. The maximum absolute atomic E-state index is 5.50. The molecule has 0 radical (unpaired) electrons. The van der Waals surface area contributed by atoms with Gasteiger partial charge in [0.1, 0.15) is 17.9 Å². The highest BCUT2D eigenvalue weighted by atomic mass is 16.5. The maximum Gasteiger partial charge on any atom is 0.142 e. The van der Waals surface area contributed by atoms with E-state index in [4.69, 9.17) is 4.74 Å². The zero-order valence-electron chi connectivity index (χ0n) is 13.7. The second-order valence-electron chi connectivity index (χ2n) is 5.83. The highest BCUT2D eigenvalue weighted by Crippen LogP contribution is 2.26. The lowest BCUT2D eigenvalue weighted by molar-refractivity contribution is 0.412. The Morgan fingerprint density at radius 1 is 1.17 bits per heavy atom. The first-order valence-electron chi connectivity index (χ1n) is 7.85. The zero-order chi connectivity index (χ0) is 16.5. The molecule has 0 spiro atoms. The van der Waals surface area contributed by atoms with Gasteiger partial charge in [-0.1, -0.05) is 24.3 Å². The van der Waals surface area contributed by atoms with Gasteiger partial charge in [-0.2, -0.15) is 0 Å². The molecule has 4 rings (SSSR count). The van der Waals surface area contributed by atoms with Crippen molar-refractivity contribution >= 4 is 10.9 Å². The first kappa shape index (κ1) is 14.5. The second-order valence-corrected chi connectivity index (χ2v) is 5.83. The van der Waals surface area contributed by atoms with Gasteiger partial charge in [0.15, 0.2) is 0 Å². The first-order chi connectivity index (χ1) is 11.8. The molecule has 0 saturated heterocycles. The summed E-state index contributed by atoms with van der Waals surface area (Å²) in [4.78, 5) is 3.31. The molecule has 1 N–H and O–H groups in total. The van der Waals surface area contributed by atoms with Crippen LogP contribution in [0.1, 0.15) is 17.0 Å². The predicted molar refractivity (Wildman–Crippen MR) is 93.8 cm³/mol. The Hall–Kier alpha value is -3.08. The van der Waals surface area contributed by atoms with Crippen LogP contribution in [0.5, 0.6) is 5.75 Å². The fraction of sp³-hybridized carbons (Fsp3) is 0.158. The smallest absolute Gasteiger partial charge is 0.142 e. The summed E-state index contributed by atoms with van der Waals surface area (Å²) in [5.74, 6) is 1.68. The lowest BCUT2D eigenvalue weighted by Gasteiger charge is -2.12. The average Bonchev–Trinajstić information content (AvgIpc) is 3.23. The first-order valence-corrected chi connectivity index (χ1v) is 7.85. The van der Waals surface area contributed by atoms with Gasteiger partial charge in [0.05, 0.1) is 12.8 Å². The molecule has 120 valence electrons. The van der Waals surface area contributed by atoms with Crippen LogP contribution >= 0.6 is 0 Å². The summed E-state index contributed by atoms with van der Waals surface area (Å²) < 4.78 is 7.50. The van der Waals surface area contributed by atoms with Gasteiger partial charge in [-0.15, -0.1) is 10.2 Å². The van der Waals surface area contributed by atoms with E-state index in [1.807, 2.05) is 35.0 Å². The van der Waals surface area contributed by atoms with Crippen molar-refractivity contribution in [2.24, 2.45) is 0 Å². The number of hydrogen-bond donors (Lipinski definition) is 1. The van der Waals surface area contributed by atoms with Gasteiger partial charge < -0.3 is 9.72 Å². The lowest BCUT2D eigenvalue weighted by Crippen LogP contribution is -2.03. The molecule has 0 atom stereocenters. The molecule has 5 nitrogen and oxygen atoms in total. The standard InChI is InChI=1S/C19H18N4O/c1-13-7-8-18(24-2)17(9-13)23-12-21-22-19(23)10-14-11-20-16-6-4-3-5-15(14)16/h3-9,11-12,20H,10H2,1-2H3. The molecule has 4 aromatic rings. The molecule has 0 fully saturated rings. The molecule has 0 aliphatic rings. The van der Waals surface area contributed by atoms with Crippen LogP contribution in [0.4, 0.5) is 0 Å². The zero-order valence-corrected chi connectivity index (χ0v) is 13.7. The minimum absolute atomic E-state index is 0.696. The van der Waals surface area contributed by atoms with E-state index in [0.29, 0.717) is 6.42 Å². The van der Waals surface area contributed by atoms with Crippen LogP contribution < -0.4 is 4.74 Å². The molecule has 5 heteroatoms. The van der Waals surface area contributed by atoms with Crippen molar-refractivity contribution in [3.63, 3.8) is 0 Å². The van der Waals surface area contributed by atoms with Crippen molar-refractivity contribution in [3.8, 4) is 11.4 Å². The summed E-state index contributed by atoms with van der Waals surface area (Å²) in [6.45, 7) is 2.06. The normalized spacial score (nSPS) is 11.1. The predicted octanol–water partition coefficient (Wildman–Crippen LogP) is 3.66. The Bertz CT molecular complexity index is 999. The van der Waals surface area contributed by atoms with E-state index in [9.17, 15) is 0 Å². The van der Waals surface area contributed by atoms with Gasteiger partial charge in [-0.25, -0.2) is 0 Å². The number of nitrogens with one attached hydrogen (secondary N) is 1. The fourth-order valence-corrected chi connectivity index (χ4v) is 3.02. The number of methoxy groups -OCH3 is 1. The number of H-pyrrole nitrogens is 1. The highest BCUT2D eigenvalue weighted by Gasteiger charge is 2.13.